The van der Waals surface area contributed by atoms with Gasteiger partial charge in [-0.1, -0.05) is 12.1 Å². The van der Waals surface area contributed by atoms with Gasteiger partial charge in [-0.2, -0.15) is 0 Å². The number of carbonyl (C=O) groups is 1. The number of rotatable bonds is 6. The van der Waals surface area contributed by atoms with Gasteiger partial charge in [0.25, 0.3) is 5.91 Å². The molecule has 1 aromatic rings. The Morgan fingerprint density at radius 1 is 1.33 bits per heavy atom. The lowest BCUT2D eigenvalue weighted by Crippen LogP contribution is -2.44. The topological polar surface area (TPSA) is 61.4 Å². The van der Waals surface area contributed by atoms with Crippen molar-refractivity contribution in [2.75, 3.05) is 18.5 Å². The van der Waals surface area contributed by atoms with Gasteiger partial charge in [-0.3, -0.25) is 4.79 Å². The largest absolute Gasteiger partial charge is 0.396 e. The molecule has 0 aliphatic carbocycles. The number of aliphatic hydroxyl groups excluding tert-OH is 1. The molecule has 3 N–H and O–H groups in total. The molecule has 0 fully saturated rings. The lowest BCUT2D eigenvalue weighted by atomic mass is 10.0. The summed E-state index contributed by atoms with van der Waals surface area (Å²) in [7, 11) is 0. The third-order valence-electron chi connectivity index (χ3n) is 2.73. The maximum atomic E-state index is 12.2. The van der Waals surface area contributed by atoms with Crippen molar-refractivity contribution in [3.8, 4) is 0 Å². The molecule has 0 aliphatic heterocycles. The predicted molar refractivity (Wildman–Crippen MR) is 73.9 cm³/mol. The van der Waals surface area contributed by atoms with E-state index < -0.39 is 5.54 Å². The van der Waals surface area contributed by atoms with E-state index in [9.17, 15) is 4.79 Å². The molecular formula is C14H22N2O2. The van der Waals surface area contributed by atoms with Crippen LogP contribution in [0.1, 0.15) is 37.6 Å². The van der Waals surface area contributed by atoms with Gasteiger partial charge < -0.3 is 15.7 Å². The number of benzene rings is 1. The van der Waals surface area contributed by atoms with E-state index in [1.807, 2.05) is 39.0 Å². The highest BCUT2D eigenvalue weighted by atomic mass is 16.3. The fourth-order valence-corrected chi connectivity index (χ4v) is 1.74. The summed E-state index contributed by atoms with van der Waals surface area (Å²) in [5, 5.41) is 15.1. The molecule has 0 aliphatic rings. The molecule has 4 nitrogen and oxygen atoms in total. The average Bonchev–Trinajstić information content (AvgIpc) is 2.29. The van der Waals surface area contributed by atoms with Crippen molar-refractivity contribution in [2.45, 2.75) is 32.7 Å². The third kappa shape index (κ3) is 4.04. The van der Waals surface area contributed by atoms with Crippen molar-refractivity contribution in [1.29, 1.82) is 0 Å². The second-order valence-electron chi connectivity index (χ2n) is 4.89. The molecular weight excluding hydrogens is 228 g/mol. The Hall–Kier alpha value is -1.55. The maximum Gasteiger partial charge on any atom is 0.253 e. The minimum absolute atomic E-state index is 0.0577. The van der Waals surface area contributed by atoms with E-state index in [4.69, 9.17) is 5.11 Å². The van der Waals surface area contributed by atoms with Gasteiger partial charge in [0.15, 0.2) is 0 Å². The van der Waals surface area contributed by atoms with E-state index in [0.29, 0.717) is 12.0 Å². The molecule has 18 heavy (non-hydrogen) atoms. The zero-order valence-electron chi connectivity index (χ0n) is 11.3. The zero-order valence-corrected chi connectivity index (χ0v) is 11.3. The highest BCUT2D eigenvalue weighted by Gasteiger charge is 2.21. The number of anilines is 1. The standard InChI is InChI=1S/C14H22N2O2/c1-4-15-12-8-6-5-7-11(12)13(18)16-14(2,3)9-10-17/h5-8,15,17H,4,9-10H2,1-3H3,(H,16,18). The first-order valence-corrected chi connectivity index (χ1v) is 6.26. The van der Waals surface area contributed by atoms with E-state index in [2.05, 4.69) is 10.6 Å². The number of aliphatic hydroxyl groups is 1. The molecule has 1 aromatic carbocycles. The first kappa shape index (κ1) is 14.5. The van der Waals surface area contributed by atoms with Crippen molar-refractivity contribution < 1.29 is 9.90 Å². The summed E-state index contributed by atoms with van der Waals surface area (Å²) in [6.45, 7) is 6.62. The molecule has 4 heteroatoms. The molecule has 1 amide bonds. The molecule has 0 atom stereocenters. The number of nitrogens with one attached hydrogen (secondary N) is 2. The van der Waals surface area contributed by atoms with Gasteiger partial charge in [-0.15, -0.1) is 0 Å². The van der Waals surface area contributed by atoms with Gasteiger partial charge in [0, 0.05) is 24.4 Å². The smallest absolute Gasteiger partial charge is 0.253 e. The summed E-state index contributed by atoms with van der Waals surface area (Å²) in [6, 6.07) is 7.42. The van der Waals surface area contributed by atoms with Crippen LogP contribution in [0.5, 0.6) is 0 Å². The van der Waals surface area contributed by atoms with Crippen molar-refractivity contribution in [1.82, 2.24) is 5.32 Å². The number of carbonyl (C=O) groups excluding carboxylic acids is 1. The number of hydrogen-bond donors (Lipinski definition) is 3. The molecule has 0 unspecified atom stereocenters. The SMILES string of the molecule is CCNc1ccccc1C(=O)NC(C)(C)CCO. The fraction of sp³-hybridized carbons (Fsp3) is 0.500. The maximum absolute atomic E-state index is 12.2. The summed E-state index contributed by atoms with van der Waals surface area (Å²) < 4.78 is 0. The van der Waals surface area contributed by atoms with E-state index in [-0.39, 0.29) is 12.5 Å². The summed E-state index contributed by atoms with van der Waals surface area (Å²) in [6.07, 6.45) is 0.530. The van der Waals surface area contributed by atoms with E-state index in [0.717, 1.165) is 12.2 Å². The van der Waals surface area contributed by atoms with Crippen LogP contribution in [0.3, 0.4) is 0 Å². The fourth-order valence-electron chi connectivity index (χ4n) is 1.74. The van der Waals surface area contributed by atoms with Crippen LogP contribution in [-0.4, -0.2) is 29.7 Å². The molecule has 0 saturated heterocycles. The Morgan fingerprint density at radius 2 is 2.00 bits per heavy atom. The van der Waals surface area contributed by atoms with Gasteiger partial charge >= 0.3 is 0 Å². The first-order chi connectivity index (χ1) is 8.50. The highest BCUT2D eigenvalue weighted by molar-refractivity contribution is 5.99. The van der Waals surface area contributed by atoms with Crippen molar-refractivity contribution in [3.05, 3.63) is 29.8 Å². The summed E-state index contributed by atoms with van der Waals surface area (Å²) in [5.41, 5.74) is 1.05. The van der Waals surface area contributed by atoms with Crippen LogP contribution in [0.4, 0.5) is 5.69 Å². The van der Waals surface area contributed by atoms with Crippen molar-refractivity contribution in [3.63, 3.8) is 0 Å². The molecule has 0 bridgehead atoms. The highest BCUT2D eigenvalue weighted by Crippen LogP contribution is 2.16. The lowest BCUT2D eigenvalue weighted by molar-refractivity contribution is 0.0900. The van der Waals surface area contributed by atoms with Gasteiger partial charge in [0.05, 0.1) is 5.56 Å². The van der Waals surface area contributed by atoms with Crippen LogP contribution < -0.4 is 10.6 Å². The lowest BCUT2D eigenvalue weighted by Gasteiger charge is -2.26. The summed E-state index contributed by atoms with van der Waals surface area (Å²) in [5.74, 6) is -0.120. The normalized spacial score (nSPS) is 11.1. The zero-order chi connectivity index (χ0) is 13.6. The first-order valence-electron chi connectivity index (χ1n) is 6.26. The van der Waals surface area contributed by atoms with Crippen molar-refractivity contribution >= 4 is 11.6 Å². The van der Waals surface area contributed by atoms with E-state index in [1.165, 1.54) is 0 Å². The average molecular weight is 250 g/mol. The molecule has 0 saturated carbocycles. The van der Waals surface area contributed by atoms with E-state index in [1.54, 1.807) is 6.07 Å². The molecule has 0 aromatic heterocycles. The van der Waals surface area contributed by atoms with Gasteiger partial charge in [0.1, 0.15) is 0 Å². The Balaban J connectivity index is 2.84. The van der Waals surface area contributed by atoms with Crippen molar-refractivity contribution in [2.24, 2.45) is 0 Å². The predicted octanol–water partition coefficient (Wildman–Crippen LogP) is 2.01. The molecule has 0 radical (unpaired) electrons. The second-order valence-corrected chi connectivity index (χ2v) is 4.89. The molecule has 0 spiro atoms. The van der Waals surface area contributed by atoms with Gasteiger partial charge in [-0.25, -0.2) is 0 Å². The van der Waals surface area contributed by atoms with Crippen LogP contribution in [0.25, 0.3) is 0 Å². The number of hydrogen-bond acceptors (Lipinski definition) is 3. The van der Waals surface area contributed by atoms with Gasteiger partial charge in [0.2, 0.25) is 0 Å². The summed E-state index contributed by atoms with van der Waals surface area (Å²) >= 11 is 0. The van der Waals surface area contributed by atoms with Crippen LogP contribution in [0.15, 0.2) is 24.3 Å². The number of amides is 1. The van der Waals surface area contributed by atoms with Gasteiger partial charge in [-0.05, 0) is 39.3 Å². The number of para-hydroxylation sites is 1. The molecule has 100 valence electrons. The van der Waals surface area contributed by atoms with E-state index >= 15 is 0 Å². The van der Waals surface area contributed by atoms with Crippen LogP contribution >= 0.6 is 0 Å². The minimum Gasteiger partial charge on any atom is -0.396 e. The Bertz CT molecular complexity index is 403. The summed E-state index contributed by atoms with van der Waals surface area (Å²) in [4.78, 5) is 12.2. The molecule has 0 heterocycles. The molecule has 1 rings (SSSR count). The van der Waals surface area contributed by atoms with Crippen LogP contribution in [0.2, 0.25) is 0 Å². The van der Waals surface area contributed by atoms with Crippen LogP contribution in [0, 0.1) is 0 Å². The third-order valence-corrected chi connectivity index (χ3v) is 2.73. The minimum atomic E-state index is -0.412. The Labute approximate surface area is 108 Å². The monoisotopic (exact) mass is 250 g/mol. The second kappa shape index (κ2) is 6.40. The Morgan fingerprint density at radius 3 is 2.61 bits per heavy atom. The quantitative estimate of drug-likeness (QED) is 0.723. The Kier molecular flexibility index (Phi) is 5.16. The van der Waals surface area contributed by atoms with Crippen LogP contribution in [-0.2, 0) is 0 Å².